The fourth-order valence-electron chi connectivity index (χ4n) is 11.9. The maximum Gasteiger partial charge on any atom is 0.306 e. The Bertz CT molecular complexity index is 1340. The van der Waals surface area contributed by atoms with Crippen molar-refractivity contribution < 1.29 is 19.1 Å². The molecule has 0 fully saturated rings. The first-order valence-electron chi connectivity index (χ1n) is 37.7. The van der Waals surface area contributed by atoms with Crippen LogP contribution < -0.4 is 0 Å². The molecule has 0 aromatic carbocycles. The van der Waals surface area contributed by atoms with Gasteiger partial charge in [0.25, 0.3) is 0 Å². The van der Waals surface area contributed by atoms with Gasteiger partial charge in [-0.3, -0.25) is 9.59 Å². The minimum Gasteiger partial charge on any atom is -0.462 e. The summed E-state index contributed by atoms with van der Waals surface area (Å²) in [5.74, 6) is 1.10. The SMILES string of the molecule is CCCCC/C=C\CCCC(CCC/C=C\CCCCC)C(CCC/C=C\CCCCC)OC(=O)CCCCN(C)C.CCCCCCCCCCC(CCCCCCCCCC)C(CCCCCCCCCC)OC(=O)CCCCN(C)C. The number of hydrogen-bond acceptors (Lipinski definition) is 6. The lowest BCUT2D eigenvalue weighted by molar-refractivity contribution is -0.154. The van der Waals surface area contributed by atoms with Gasteiger partial charge in [-0.05, 0) is 201 Å². The van der Waals surface area contributed by atoms with E-state index in [1.165, 1.54) is 257 Å². The summed E-state index contributed by atoms with van der Waals surface area (Å²) in [6.45, 7) is 15.8. The lowest BCUT2D eigenvalue weighted by Gasteiger charge is -2.28. The van der Waals surface area contributed by atoms with Crippen molar-refractivity contribution in [3.05, 3.63) is 36.5 Å². The van der Waals surface area contributed by atoms with E-state index in [1.54, 1.807) is 0 Å². The van der Waals surface area contributed by atoms with Crippen LogP contribution in [0.5, 0.6) is 0 Å². The van der Waals surface area contributed by atoms with Crippen molar-refractivity contribution in [2.75, 3.05) is 41.3 Å². The van der Waals surface area contributed by atoms with Crippen molar-refractivity contribution in [3.8, 4) is 0 Å². The Kier molecular flexibility index (Phi) is 70.3. The quantitative estimate of drug-likeness (QED) is 0.0344. The number of allylic oxidation sites excluding steroid dienone is 6. The first-order valence-corrected chi connectivity index (χ1v) is 37.7. The zero-order valence-electron chi connectivity index (χ0n) is 58.9. The lowest BCUT2D eigenvalue weighted by atomic mass is 9.87. The highest BCUT2D eigenvalue weighted by Crippen LogP contribution is 2.30. The van der Waals surface area contributed by atoms with Gasteiger partial charge in [-0.2, -0.15) is 0 Å². The summed E-state index contributed by atoms with van der Waals surface area (Å²) < 4.78 is 12.7. The Morgan fingerprint density at radius 2 is 0.500 bits per heavy atom. The molecule has 0 aliphatic carbocycles. The van der Waals surface area contributed by atoms with Crippen LogP contribution in [0.3, 0.4) is 0 Å². The van der Waals surface area contributed by atoms with Crippen molar-refractivity contribution in [1.82, 2.24) is 9.80 Å². The Labute approximate surface area is 528 Å². The highest BCUT2D eigenvalue weighted by Gasteiger charge is 2.26. The third-order valence-corrected chi connectivity index (χ3v) is 17.5. The Morgan fingerprint density at radius 3 is 0.798 bits per heavy atom. The summed E-state index contributed by atoms with van der Waals surface area (Å²) in [6, 6.07) is 0. The van der Waals surface area contributed by atoms with Crippen molar-refractivity contribution in [3.63, 3.8) is 0 Å². The molecular weight excluding hydrogens is 1030 g/mol. The molecule has 0 aromatic rings. The number of unbranched alkanes of at least 4 members (excludes halogenated alkanes) is 35. The van der Waals surface area contributed by atoms with Crippen LogP contribution in [0.15, 0.2) is 36.5 Å². The molecule has 6 heteroatoms. The molecule has 0 amide bonds. The van der Waals surface area contributed by atoms with E-state index in [1.807, 2.05) is 0 Å². The molecule has 2 atom stereocenters. The molecule has 498 valence electrons. The molecule has 0 radical (unpaired) electrons. The van der Waals surface area contributed by atoms with Crippen molar-refractivity contribution in [1.29, 1.82) is 0 Å². The summed E-state index contributed by atoms with van der Waals surface area (Å²) in [7, 11) is 8.41. The average Bonchev–Trinajstić information content (AvgIpc) is 3.50. The standard InChI is InChI=1S/C39H79NO2.C39H73NO2/c2*1-6-9-12-15-18-21-24-27-32-37(33-28-25-22-19-16-13-10-7-2)38(34-29-26-23-20-17-14-11-8-3)42-39(41)35-30-31-36-40(4)5/h37-38H,6-36H2,1-5H3;18-23,37-38H,6-17,24-36H2,1-5H3/b;21-18-,22-19-,23-20-. The second kappa shape index (κ2) is 70.2. The zero-order valence-corrected chi connectivity index (χ0v) is 58.9. The third kappa shape index (κ3) is 64.6. The van der Waals surface area contributed by atoms with Crippen LogP contribution in [0.25, 0.3) is 0 Å². The molecule has 0 aliphatic rings. The van der Waals surface area contributed by atoms with Gasteiger partial charge in [-0.1, -0.05) is 264 Å². The molecule has 0 spiro atoms. The number of carbonyl (C=O) groups is 2. The van der Waals surface area contributed by atoms with E-state index in [2.05, 4.69) is 116 Å². The predicted octanol–water partition coefficient (Wildman–Crippen LogP) is 25.0. The van der Waals surface area contributed by atoms with Gasteiger partial charge < -0.3 is 19.3 Å². The van der Waals surface area contributed by atoms with E-state index in [-0.39, 0.29) is 24.1 Å². The number of nitrogens with zero attached hydrogens (tertiary/aromatic N) is 2. The molecule has 0 aromatic heterocycles. The fourth-order valence-corrected chi connectivity index (χ4v) is 11.9. The van der Waals surface area contributed by atoms with Crippen LogP contribution in [0, 0.1) is 11.8 Å². The average molecular weight is 1180 g/mol. The predicted molar refractivity (Wildman–Crippen MR) is 375 cm³/mol. The van der Waals surface area contributed by atoms with E-state index in [9.17, 15) is 9.59 Å². The summed E-state index contributed by atoms with van der Waals surface area (Å²) in [4.78, 5) is 30.4. The normalized spacial score (nSPS) is 12.7. The van der Waals surface area contributed by atoms with Gasteiger partial charge in [-0.25, -0.2) is 0 Å². The van der Waals surface area contributed by atoms with Crippen LogP contribution in [0.1, 0.15) is 388 Å². The van der Waals surface area contributed by atoms with Gasteiger partial charge >= 0.3 is 11.9 Å². The van der Waals surface area contributed by atoms with Crippen LogP contribution in [0.4, 0.5) is 0 Å². The number of carbonyl (C=O) groups excluding carboxylic acids is 2. The largest absolute Gasteiger partial charge is 0.462 e. The summed E-state index contributed by atoms with van der Waals surface area (Å²) in [5, 5.41) is 0. The summed E-state index contributed by atoms with van der Waals surface area (Å²) in [5.41, 5.74) is 0. The van der Waals surface area contributed by atoms with Crippen molar-refractivity contribution >= 4 is 11.9 Å². The number of hydrogen-bond donors (Lipinski definition) is 0. The monoisotopic (exact) mass is 1180 g/mol. The van der Waals surface area contributed by atoms with Crippen LogP contribution in [-0.4, -0.2) is 75.2 Å². The minimum atomic E-state index is 0.0190. The van der Waals surface area contributed by atoms with Gasteiger partial charge in [0.05, 0.1) is 0 Å². The third-order valence-electron chi connectivity index (χ3n) is 17.5. The van der Waals surface area contributed by atoms with E-state index in [0.717, 1.165) is 90.1 Å². The Morgan fingerprint density at radius 1 is 0.274 bits per heavy atom. The van der Waals surface area contributed by atoms with Crippen LogP contribution >= 0.6 is 0 Å². The molecule has 0 heterocycles. The first-order chi connectivity index (χ1) is 41.1. The molecule has 0 N–H and O–H groups in total. The maximum absolute atomic E-state index is 13.0. The molecule has 0 rings (SSSR count). The van der Waals surface area contributed by atoms with E-state index in [4.69, 9.17) is 9.47 Å². The molecule has 2 unspecified atom stereocenters. The Balaban J connectivity index is 0. The van der Waals surface area contributed by atoms with Gasteiger partial charge in [0.1, 0.15) is 12.2 Å². The molecule has 0 bridgehead atoms. The zero-order chi connectivity index (χ0) is 61.9. The van der Waals surface area contributed by atoms with Gasteiger partial charge in [0.2, 0.25) is 0 Å². The molecule has 84 heavy (non-hydrogen) atoms. The van der Waals surface area contributed by atoms with E-state index >= 15 is 0 Å². The van der Waals surface area contributed by atoms with Crippen LogP contribution in [-0.2, 0) is 19.1 Å². The highest BCUT2D eigenvalue weighted by atomic mass is 16.5. The summed E-state index contributed by atoms with van der Waals surface area (Å²) >= 11 is 0. The smallest absolute Gasteiger partial charge is 0.306 e. The highest BCUT2D eigenvalue weighted by molar-refractivity contribution is 5.69. The van der Waals surface area contributed by atoms with Gasteiger partial charge in [-0.15, -0.1) is 0 Å². The van der Waals surface area contributed by atoms with Crippen LogP contribution in [0.2, 0.25) is 0 Å². The van der Waals surface area contributed by atoms with Crippen molar-refractivity contribution in [2.24, 2.45) is 11.8 Å². The molecular formula is C78H152N2O4. The number of rotatable bonds is 65. The van der Waals surface area contributed by atoms with Gasteiger partial charge in [0.15, 0.2) is 0 Å². The molecule has 0 saturated heterocycles. The second-order valence-corrected chi connectivity index (χ2v) is 26.6. The first kappa shape index (κ1) is 84.1. The van der Waals surface area contributed by atoms with Gasteiger partial charge in [0, 0.05) is 12.8 Å². The van der Waals surface area contributed by atoms with Crippen molar-refractivity contribution in [2.45, 2.75) is 400 Å². The number of ether oxygens (including phenoxy) is 2. The minimum absolute atomic E-state index is 0.0190. The molecule has 6 nitrogen and oxygen atoms in total. The summed E-state index contributed by atoms with van der Waals surface area (Å²) in [6.07, 6.45) is 81.3. The van der Waals surface area contributed by atoms with E-state index in [0.29, 0.717) is 24.7 Å². The second-order valence-electron chi connectivity index (χ2n) is 26.6. The molecule has 0 saturated carbocycles. The maximum atomic E-state index is 13.0. The topological polar surface area (TPSA) is 59.1 Å². The fraction of sp³-hybridized carbons (Fsp3) is 0.897. The number of esters is 2. The lowest BCUT2D eigenvalue weighted by Crippen LogP contribution is -2.27. The molecule has 0 aliphatic heterocycles. The van der Waals surface area contributed by atoms with E-state index < -0.39 is 0 Å². The Hall–Kier alpha value is -1.92.